The van der Waals surface area contributed by atoms with Gasteiger partial charge in [0.2, 0.25) is 0 Å². The van der Waals surface area contributed by atoms with Gasteiger partial charge in [-0.1, -0.05) is 38.0 Å². The Bertz CT molecular complexity index is 475. The summed E-state index contributed by atoms with van der Waals surface area (Å²) in [5, 5.41) is 0. The molecule has 0 saturated heterocycles. The van der Waals surface area contributed by atoms with Crippen LogP contribution in [0.3, 0.4) is 0 Å². The van der Waals surface area contributed by atoms with Crippen LogP contribution < -0.4 is 0 Å². The highest BCUT2D eigenvalue weighted by Gasteiger charge is 2.48. The molecule has 4 rings (SSSR count). The summed E-state index contributed by atoms with van der Waals surface area (Å²) >= 11 is 0. The molecule has 0 aromatic heterocycles. The van der Waals surface area contributed by atoms with E-state index in [1.807, 2.05) is 0 Å². The smallest absolute Gasteiger partial charge is 0.0128 e. The summed E-state index contributed by atoms with van der Waals surface area (Å²) in [6.07, 6.45) is 11.6. The van der Waals surface area contributed by atoms with Gasteiger partial charge in [0, 0.05) is 0 Å². The Balaban J connectivity index is 1.70. The first kappa shape index (κ1) is 12.0. The lowest BCUT2D eigenvalue weighted by Crippen LogP contribution is -2.44. The van der Waals surface area contributed by atoms with Crippen molar-refractivity contribution in [1.29, 1.82) is 0 Å². The maximum absolute atomic E-state index is 3.28. The first-order chi connectivity index (χ1) is 9.28. The minimum atomic E-state index is 0.678. The molecule has 0 bridgehead atoms. The Morgan fingerprint density at radius 3 is 3.05 bits per heavy atom. The third-order valence-corrected chi connectivity index (χ3v) is 6.60. The Kier molecular flexibility index (Phi) is 2.76. The van der Waals surface area contributed by atoms with Crippen LogP contribution in [0.4, 0.5) is 0 Å². The lowest BCUT2D eigenvalue weighted by atomic mass is 9.51. The molecule has 0 nitrogen and oxygen atoms in total. The van der Waals surface area contributed by atoms with E-state index in [-0.39, 0.29) is 0 Å². The van der Waals surface area contributed by atoms with E-state index in [2.05, 4.69) is 31.2 Å². The number of benzene rings is 1. The molecule has 0 amide bonds. The Labute approximate surface area is 117 Å². The number of hydrogen-bond donors (Lipinski definition) is 0. The van der Waals surface area contributed by atoms with Gasteiger partial charge in [-0.25, -0.2) is 0 Å². The van der Waals surface area contributed by atoms with E-state index >= 15 is 0 Å². The van der Waals surface area contributed by atoms with E-state index in [0.29, 0.717) is 5.41 Å². The molecule has 2 fully saturated rings. The Hall–Kier alpha value is -0.780. The third-order valence-electron chi connectivity index (χ3n) is 6.60. The van der Waals surface area contributed by atoms with Gasteiger partial charge in [-0.15, -0.1) is 0 Å². The fourth-order valence-corrected chi connectivity index (χ4v) is 5.61. The maximum atomic E-state index is 3.28. The lowest BCUT2D eigenvalue weighted by Gasteiger charge is -2.54. The van der Waals surface area contributed by atoms with Crippen LogP contribution in [0.25, 0.3) is 0 Å². The van der Waals surface area contributed by atoms with Gasteiger partial charge >= 0.3 is 0 Å². The van der Waals surface area contributed by atoms with Crippen LogP contribution in [0.2, 0.25) is 0 Å². The fraction of sp³-hybridized carbons (Fsp3) is 0.684. The number of hydrogen-bond acceptors (Lipinski definition) is 0. The van der Waals surface area contributed by atoms with Crippen LogP contribution in [0.1, 0.15) is 68.9 Å². The van der Waals surface area contributed by atoms with Crippen molar-refractivity contribution < 1.29 is 0 Å². The molecule has 101 valence electrons. The lowest BCUT2D eigenvalue weighted by molar-refractivity contribution is -0.00421. The van der Waals surface area contributed by atoms with Crippen molar-refractivity contribution in [1.82, 2.24) is 0 Å². The first-order valence-electron chi connectivity index (χ1n) is 8.27. The highest BCUT2D eigenvalue weighted by Crippen LogP contribution is 2.59. The summed E-state index contributed by atoms with van der Waals surface area (Å²) in [5.74, 6) is 2.86. The monoisotopic (exact) mass is 253 g/mol. The number of aryl methyl sites for hydroxylation is 1. The van der Waals surface area contributed by atoms with Crippen molar-refractivity contribution >= 4 is 0 Å². The van der Waals surface area contributed by atoms with Crippen LogP contribution in [0.5, 0.6) is 0 Å². The summed E-state index contributed by atoms with van der Waals surface area (Å²) in [6.45, 7) is 2.60. The zero-order chi connectivity index (χ0) is 12.9. The summed E-state index contributed by atoms with van der Waals surface area (Å²) in [7, 11) is 0. The predicted octanol–water partition coefficient (Wildman–Crippen LogP) is 5.12. The molecule has 19 heavy (non-hydrogen) atoms. The zero-order valence-corrected chi connectivity index (χ0v) is 12.1. The molecular weight excluding hydrogens is 228 g/mol. The zero-order valence-electron chi connectivity index (χ0n) is 12.1. The van der Waals surface area contributed by atoms with Crippen LogP contribution in [-0.2, 0) is 6.42 Å². The van der Waals surface area contributed by atoms with Crippen LogP contribution in [-0.4, -0.2) is 0 Å². The van der Waals surface area contributed by atoms with Crippen LogP contribution >= 0.6 is 0 Å². The van der Waals surface area contributed by atoms with Crippen molar-refractivity contribution in [2.75, 3.05) is 0 Å². The molecule has 3 aliphatic carbocycles. The molecule has 1 aromatic rings. The molecule has 3 aliphatic rings. The predicted molar refractivity (Wildman–Crippen MR) is 79.1 cm³/mol. The molecule has 1 aromatic carbocycles. The molecule has 4 atom stereocenters. The van der Waals surface area contributed by atoms with Gasteiger partial charge in [0.1, 0.15) is 0 Å². The van der Waals surface area contributed by atoms with E-state index < -0.39 is 0 Å². The average Bonchev–Trinajstić information content (AvgIpc) is 2.46. The van der Waals surface area contributed by atoms with Gasteiger partial charge in [-0.2, -0.15) is 0 Å². The molecule has 2 saturated carbocycles. The van der Waals surface area contributed by atoms with E-state index in [4.69, 9.17) is 0 Å². The average molecular weight is 253 g/mol. The highest BCUT2D eigenvalue weighted by atomic mass is 14.5. The van der Waals surface area contributed by atoms with E-state index in [1.54, 1.807) is 11.1 Å². The van der Waals surface area contributed by atoms with Crippen molar-refractivity contribution in [3.8, 4) is 0 Å². The summed E-state index contributed by atoms with van der Waals surface area (Å²) in [6, 6.07) is 10.0. The standard InChI is InChI=1S/C19H25/c1-19-12-5-4-8-18(19)17-10-9-14-6-2-3-7-15(14)16(17)11-13-19/h3,6-7,16-18H,4-5,8-13H2,1H3/t16-,17-,18+,19+/m1/s1. The third kappa shape index (κ3) is 1.79. The maximum Gasteiger partial charge on any atom is -0.0128 e. The molecule has 0 spiro atoms. The quantitative estimate of drug-likeness (QED) is 0.602. The van der Waals surface area contributed by atoms with E-state index in [1.165, 1.54) is 51.4 Å². The summed E-state index contributed by atoms with van der Waals surface area (Å²) in [5.41, 5.74) is 3.96. The second-order valence-corrected chi connectivity index (χ2v) is 7.48. The molecule has 0 aliphatic heterocycles. The minimum Gasteiger partial charge on any atom is -0.0594 e. The number of rotatable bonds is 0. The minimum absolute atomic E-state index is 0.678. The van der Waals surface area contributed by atoms with Crippen molar-refractivity contribution in [3.63, 3.8) is 0 Å². The summed E-state index contributed by atoms with van der Waals surface area (Å²) < 4.78 is 0. The van der Waals surface area contributed by atoms with Crippen molar-refractivity contribution in [3.05, 3.63) is 35.4 Å². The largest absolute Gasteiger partial charge is 0.0594 e. The fourth-order valence-electron chi connectivity index (χ4n) is 5.61. The second kappa shape index (κ2) is 4.36. The molecule has 1 radical (unpaired) electrons. The first-order valence-corrected chi connectivity index (χ1v) is 8.27. The van der Waals surface area contributed by atoms with Gasteiger partial charge in [0.05, 0.1) is 0 Å². The van der Waals surface area contributed by atoms with Gasteiger partial charge in [-0.3, -0.25) is 0 Å². The summed E-state index contributed by atoms with van der Waals surface area (Å²) in [4.78, 5) is 0. The van der Waals surface area contributed by atoms with Gasteiger partial charge in [-0.05, 0) is 78.9 Å². The molecule has 0 heterocycles. The van der Waals surface area contributed by atoms with Crippen LogP contribution in [0, 0.1) is 23.3 Å². The number of fused-ring (bicyclic) bond motifs is 5. The second-order valence-electron chi connectivity index (χ2n) is 7.48. The van der Waals surface area contributed by atoms with E-state index in [9.17, 15) is 0 Å². The van der Waals surface area contributed by atoms with E-state index in [0.717, 1.165) is 17.8 Å². The van der Waals surface area contributed by atoms with Gasteiger partial charge in [0.25, 0.3) is 0 Å². The van der Waals surface area contributed by atoms with Crippen LogP contribution in [0.15, 0.2) is 18.2 Å². The molecule has 0 N–H and O–H groups in total. The molecule has 0 heteroatoms. The normalized spacial score (nSPS) is 41.0. The SMILES string of the molecule is C[C@@]12CCCC[C@H]1[C@@H]1CCc3c[c]ccc3[C@H]1CC2. The van der Waals surface area contributed by atoms with Gasteiger partial charge in [0.15, 0.2) is 0 Å². The molecular formula is C19H25. The van der Waals surface area contributed by atoms with Gasteiger partial charge < -0.3 is 0 Å². The molecule has 0 unspecified atom stereocenters. The Morgan fingerprint density at radius 2 is 2.11 bits per heavy atom. The van der Waals surface area contributed by atoms with Crippen molar-refractivity contribution in [2.24, 2.45) is 17.3 Å². The highest BCUT2D eigenvalue weighted by molar-refractivity contribution is 5.34. The topological polar surface area (TPSA) is 0 Å². The Morgan fingerprint density at radius 1 is 1.16 bits per heavy atom. The van der Waals surface area contributed by atoms with Crippen molar-refractivity contribution in [2.45, 2.75) is 64.2 Å².